The van der Waals surface area contributed by atoms with Crippen molar-refractivity contribution < 1.29 is 39.9 Å². The fourth-order valence-corrected chi connectivity index (χ4v) is 2.97. The SMILES string of the molecule is O=C(NCCc1cc(F)cc(F)c1)c1cnn(-c2cccc(C(F)(F)F)c2)c1C(F)(F)F. The van der Waals surface area contributed by atoms with Crippen molar-refractivity contribution in [1.82, 2.24) is 15.1 Å². The molecule has 1 amide bonds. The molecule has 3 aromatic rings. The molecule has 0 spiro atoms. The molecule has 1 aromatic heterocycles. The Morgan fingerprint density at radius 3 is 2.19 bits per heavy atom. The van der Waals surface area contributed by atoms with E-state index in [1.165, 1.54) is 0 Å². The van der Waals surface area contributed by atoms with Crippen molar-refractivity contribution >= 4 is 5.91 Å². The molecule has 0 aliphatic rings. The van der Waals surface area contributed by atoms with Crippen molar-refractivity contribution in [3.05, 3.63) is 82.7 Å². The van der Waals surface area contributed by atoms with Gasteiger partial charge in [0.2, 0.25) is 0 Å². The second-order valence-corrected chi connectivity index (χ2v) is 6.65. The standard InChI is InChI=1S/C20H13F8N3O/c21-13-6-11(7-14(22)9-13)4-5-29-18(32)16-10-30-31(17(16)20(26,27)28)15-3-1-2-12(8-15)19(23,24)25/h1-3,6-10H,4-5H2,(H,29,32). The summed E-state index contributed by atoms with van der Waals surface area (Å²) in [5.74, 6) is -2.91. The van der Waals surface area contributed by atoms with Crippen molar-refractivity contribution in [3.63, 3.8) is 0 Å². The molecule has 0 atom stereocenters. The number of carbonyl (C=O) groups excluding carboxylic acids is 1. The summed E-state index contributed by atoms with van der Waals surface area (Å²) in [6.45, 7) is -0.256. The number of carbonyl (C=O) groups is 1. The van der Waals surface area contributed by atoms with Crippen LogP contribution in [0.15, 0.2) is 48.7 Å². The van der Waals surface area contributed by atoms with E-state index in [1.54, 1.807) is 0 Å². The molecule has 1 heterocycles. The molecule has 0 saturated carbocycles. The maximum atomic E-state index is 13.7. The lowest BCUT2D eigenvalue weighted by Crippen LogP contribution is -2.28. The average molecular weight is 463 g/mol. The molecule has 170 valence electrons. The van der Waals surface area contributed by atoms with Crippen molar-refractivity contribution in [2.45, 2.75) is 18.8 Å². The number of rotatable bonds is 5. The molecule has 2 aromatic carbocycles. The summed E-state index contributed by atoms with van der Waals surface area (Å²) >= 11 is 0. The van der Waals surface area contributed by atoms with Crippen molar-refractivity contribution in [1.29, 1.82) is 0 Å². The van der Waals surface area contributed by atoms with Gasteiger partial charge in [-0.25, -0.2) is 13.5 Å². The van der Waals surface area contributed by atoms with Crippen LogP contribution in [-0.2, 0) is 18.8 Å². The van der Waals surface area contributed by atoms with E-state index in [9.17, 15) is 39.9 Å². The number of hydrogen-bond acceptors (Lipinski definition) is 2. The first-order valence-corrected chi connectivity index (χ1v) is 8.92. The molecule has 0 unspecified atom stereocenters. The lowest BCUT2D eigenvalue weighted by atomic mass is 10.1. The van der Waals surface area contributed by atoms with Gasteiger partial charge in [0.15, 0.2) is 5.69 Å². The highest BCUT2D eigenvalue weighted by Crippen LogP contribution is 2.35. The van der Waals surface area contributed by atoms with Gasteiger partial charge in [-0.2, -0.15) is 31.4 Å². The highest BCUT2D eigenvalue weighted by atomic mass is 19.4. The number of nitrogens with zero attached hydrogens (tertiary/aromatic N) is 2. The first-order chi connectivity index (χ1) is 14.9. The molecule has 0 radical (unpaired) electrons. The van der Waals surface area contributed by atoms with Crippen LogP contribution >= 0.6 is 0 Å². The molecule has 0 aliphatic carbocycles. The molecule has 1 N–H and O–H groups in total. The Bertz CT molecular complexity index is 1110. The van der Waals surface area contributed by atoms with E-state index in [0.29, 0.717) is 24.4 Å². The average Bonchev–Trinajstić information content (AvgIpc) is 3.12. The smallest absolute Gasteiger partial charge is 0.352 e. The normalized spacial score (nSPS) is 12.1. The third-order valence-electron chi connectivity index (χ3n) is 4.32. The molecule has 0 fully saturated rings. The third-order valence-corrected chi connectivity index (χ3v) is 4.32. The van der Waals surface area contributed by atoms with E-state index in [0.717, 1.165) is 24.3 Å². The van der Waals surface area contributed by atoms with Crippen LogP contribution in [-0.4, -0.2) is 22.2 Å². The zero-order valence-corrected chi connectivity index (χ0v) is 15.9. The molecular formula is C20H13F8N3O. The van der Waals surface area contributed by atoms with Crippen molar-refractivity contribution in [2.75, 3.05) is 6.54 Å². The minimum absolute atomic E-state index is 0.0798. The number of alkyl halides is 6. The number of halogens is 8. The Labute approximate surface area is 175 Å². The topological polar surface area (TPSA) is 46.9 Å². The van der Waals surface area contributed by atoms with E-state index in [2.05, 4.69) is 10.4 Å². The van der Waals surface area contributed by atoms with Gasteiger partial charge in [-0.05, 0) is 42.3 Å². The van der Waals surface area contributed by atoms with Crippen LogP contribution < -0.4 is 5.32 Å². The van der Waals surface area contributed by atoms with Crippen molar-refractivity contribution in [3.8, 4) is 5.69 Å². The fraction of sp³-hybridized carbons (Fsp3) is 0.200. The first kappa shape index (κ1) is 23.2. The summed E-state index contributed by atoms with van der Waals surface area (Å²) in [7, 11) is 0. The Hall–Kier alpha value is -3.44. The summed E-state index contributed by atoms with van der Waals surface area (Å²) in [5.41, 5.74) is -4.04. The van der Waals surface area contributed by atoms with Gasteiger partial charge in [0.25, 0.3) is 5.91 Å². The predicted molar refractivity (Wildman–Crippen MR) is 96.0 cm³/mol. The Kier molecular flexibility index (Phi) is 6.24. The molecule has 3 rings (SSSR count). The predicted octanol–water partition coefficient (Wildman–Crippen LogP) is 5.16. The van der Waals surface area contributed by atoms with Crippen LogP contribution in [0, 0.1) is 11.6 Å². The molecule has 4 nitrogen and oxygen atoms in total. The largest absolute Gasteiger partial charge is 0.434 e. The molecule has 0 bridgehead atoms. The zero-order valence-electron chi connectivity index (χ0n) is 15.9. The lowest BCUT2D eigenvalue weighted by molar-refractivity contribution is -0.143. The van der Waals surface area contributed by atoms with Gasteiger partial charge in [-0.1, -0.05) is 6.07 Å². The summed E-state index contributed by atoms with van der Waals surface area (Å²) in [5, 5.41) is 5.64. The van der Waals surface area contributed by atoms with Crippen LogP contribution in [0.25, 0.3) is 5.69 Å². The monoisotopic (exact) mass is 463 g/mol. The van der Waals surface area contributed by atoms with Crippen LogP contribution in [0.5, 0.6) is 0 Å². The van der Waals surface area contributed by atoms with Gasteiger partial charge in [0, 0.05) is 12.6 Å². The van der Waals surface area contributed by atoms with Crippen molar-refractivity contribution in [2.24, 2.45) is 0 Å². The molecule has 12 heteroatoms. The Morgan fingerprint density at radius 1 is 0.938 bits per heavy atom. The van der Waals surface area contributed by atoms with E-state index in [1.807, 2.05) is 0 Å². The number of hydrogen-bond donors (Lipinski definition) is 1. The lowest BCUT2D eigenvalue weighted by Gasteiger charge is -2.14. The van der Waals surface area contributed by atoms with E-state index in [4.69, 9.17) is 0 Å². The number of amides is 1. The molecule has 32 heavy (non-hydrogen) atoms. The summed E-state index contributed by atoms with van der Waals surface area (Å²) < 4.78 is 106. The fourth-order valence-electron chi connectivity index (χ4n) is 2.97. The van der Waals surface area contributed by atoms with Crippen LogP contribution in [0.4, 0.5) is 35.1 Å². The zero-order chi connectivity index (χ0) is 23.7. The van der Waals surface area contributed by atoms with E-state index >= 15 is 0 Å². The van der Waals surface area contributed by atoms with Gasteiger partial charge < -0.3 is 5.32 Å². The second kappa shape index (κ2) is 8.60. The van der Waals surface area contributed by atoms with E-state index in [-0.39, 0.29) is 23.2 Å². The molecule has 0 saturated heterocycles. The first-order valence-electron chi connectivity index (χ1n) is 8.92. The van der Waals surface area contributed by atoms with Crippen LogP contribution in [0.1, 0.15) is 27.2 Å². The summed E-state index contributed by atoms with van der Waals surface area (Å²) in [4.78, 5) is 12.3. The highest BCUT2D eigenvalue weighted by Gasteiger charge is 2.41. The Morgan fingerprint density at radius 2 is 1.59 bits per heavy atom. The highest BCUT2D eigenvalue weighted by molar-refractivity contribution is 5.95. The van der Waals surface area contributed by atoms with Crippen LogP contribution in [0.2, 0.25) is 0 Å². The van der Waals surface area contributed by atoms with Crippen LogP contribution in [0.3, 0.4) is 0 Å². The van der Waals surface area contributed by atoms with Gasteiger partial charge in [0.1, 0.15) is 11.6 Å². The molecular weight excluding hydrogens is 450 g/mol. The minimum atomic E-state index is -5.12. The maximum absolute atomic E-state index is 13.7. The van der Waals surface area contributed by atoms with Gasteiger partial charge in [0.05, 0.1) is 23.0 Å². The maximum Gasteiger partial charge on any atom is 0.434 e. The third kappa shape index (κ3) is 5.24. The van der Waals surface area contributed by atoms with Gasteiger partial charge in [-0.15, -0.1) is 0 Å². The summed E-state index contributed by atoms with van der Waals surface area (Å²) in [6.07, 6.45) is -9.41. The number of aromatic nitrogens is 2. The number of benzene rings is 2. The van der Waals surface area contributed by atoms with Gasteiger partial charge >= 0.3 is 12.4 Å². The minimum Gasteiger partial charge on any atom is -0.352 e. The second-order valence-electron chi connectivity index (χ2n) is 6.65. The Balaban J connectivity index is 1.86. The van der Waals surface area contributed by atoms with E-state index < -0.39 is 52.4 Å². The van der Waals surface area contributed by atoms with Gasteiger partial charge in [-0.3, -0.25) is 4.79 Å². The molecule has 0 aliphatic heterocycles. The quantitative estimate of drug-likeness (QED) is 0.532. The summed E-state index contributed by atoms with van der Waals surface area (Å²) in [6, 6.07) is 5.70. The number of nitrogens with one attached hydrogen (secondary N) is 1.